The molecule has 0 aliphatic carbocycles. The highest BCUT2D eigenvalue weighted by Gasteiger charge is 2.40. The molecule has 1 aromatic carbocycles. The monoisotopic (exact) mass is 402 g/mol. The second-order valence-electron chi connectivity index (χ2n) is 8.99. The van der Waals surface area contributed by atoms with Crippen molar-refractivity contribution < 1.29 is 14.0 Å². The van der Waals surface area contributed by atoms with Crippen molar-refractivity contribution in [1.82, 2.24) is 0 Å². The average molecular weight is 403 g/mol. The molecule has 2 atom stereocenters. The predicted octanol–water partition coefficient (Wildman–Crippen LogP) is 6.56. The van der Waals surface area contributed by atoms with Gasteiger partial charge < -0.3 is 9.16 Å². The Hall–Kier alpha value is -1.65. The highest BCUT2D eigenvalue weighted by Crippen LogP contribution is 2.38. The summed E-state index contributed by atoms with van der Waals surface area (Å²) >= 11 is 0. The van der Waals surface area contributed by atoms with Crippen molar-refractivity contribution in [3.8, 4) is 0 Å². The molecule has 0 aliphatic rings. The Balaban J connectivity index is 2.79. The zero-order chi connectivity index (χ0) is 21.4. The Morgan fingerprint density at radius 2 is 1.82 bits per heavy atom. The first kappa shape index (κ1) is 24.4. The zero-order valence-electron chi connectivity index (χ0n) is 18.6. The van der Waals surface area contributed by atoms with Crippen LogP contribution in [0.25, 0.3) is 0 Å². The van der Waals surface area contributed by atoms with E-state index in [0.717, 1.165) is 12.0 Å². The molecule has 156 valence electrons. The van der Waals surface area contributed by atoms with Gasteiger partial charge in [-0.3, -0.25) is 0 Å². The van der Waals surface area contributed by atoms with Crippen LogP contribution in [0.15, 0.2) is 49.6 Å². The molecule has 0 spiro atoms. The van der Waals surface area contributed by atoms with Crippen molar-refractivity contribution in [2.45, 2.75) is 71.2 Å². The molecule has 0 aliphatic heterocycles. The molecule has 1 aromatic rings. The van der Waals surface area contributed by atoms with Crippen molar-refractivity contribution in [2.24, 2.45) is 5.92 Å². The summed E-state index contributed by atoms with van der Waals surface area (Å²) in [6, 6.07) is 7.53. The topological polar surface area (TPSA) is 35.5 Å². The maximum Gasteiger partial charge on any atom is 0.338 e. The third-order valence-corrected chi connectivity index (χ3v) is 10.2. The average Bonchev–Trinajstić information content (AvgIpc) is 2.60. The van der Waals surface area contributed by atoms with Crippen molar-refractivity contribution in [3.05, 3.63) is 60.7 Å². The van der Waals surface area contributed by atoms with E-state index in [-0.39, 0.29) is 17.1 Å². The second kappa shape index (κ2) is 10.8. The predicted molar refractivity (Wildman–Crippen MR) is 121 cm³/mol. The highest BCUT2D eigenvalue weighted by molar-refractivity contribution is 6.74. The molecular formula is C24H38O3Si. The van der Waals surface area contributed by atoms with E-state index in [0.29, 0.717) is 30.9 Å². The van der Waals surface area contributed by atoms with Crippen LogP contribution in [-0.2, 0) is 15.6 Å². The molecule has 0 aromatic heterocycles. The van der Waals surface area contributed by atoms with Crippen LogP contribution in [0, 0.1) is 5.92 Å². The molecule has 1 rings (SSSR count). The standard InChI is InChI=1S/C24H38O3Si/c1-9-13-19(3)22(27-28(7,8)24(4,5)6)17-18-26-23(25)21-16-12-11-15-20(21)14-10-2/h9-12,15-16,19,22H,1-2,13-14,17-18H2,3-8H3/t19-,22+/m1/s1. The summed E-state index contributed by atoms with van der Waals surface area (Å²) in [5, 5.41) is 0.138. The lowest BCUT2D eigenvalue weighted by Gasteiger charge is -2.41. The smallest absolute Gasteiger partial charge is 0.338 e. The quantitative estimate of drug-likeness (QED) is 0.239. The van der Waals surface area contributed by atoms with Crippen LogP contribution in [0.5, 0.6) is 0 Å². The molecule has 28 heavy (non-hydrogen) atoms. The molecule has 0 N–H and O–H groups in total. The molecule has 0 saturated heterocycles. The van der Waals surface area contributed by atoms with Crippen LogP contribution in [-0.4, -0.2) is 27.0 Å². The Labute approximate surface area is 173 Å². The van der Waals surface area contributed by atoms with Gasteiger partial charge in [-0.2, -0.15) is 0 Å². The summed E-state index contributed by atoms with van der Waals surface area (Å²) in [7, 11) is -1.91. The number of ether oxygens (including phenoxy) is 1. The van der Waals surface area contributed by atoms with Gasteiger partial charge in [-0.15, -0.1) is 13.2 Å². The molecule has 3 nitrogen and oxygen atoms in total. The van der Waals surface area contributed by atoms with Crippen LogP contribution in [0.3, 0.4) is 0 Å². The number of allylic oxidation sites excluding steroid dienone is 2. The van der Waals surface area contributed by atoms with E-state index in [2.05, 4.69) is 53.9 Å². The first-order valence-electron chi connectivity index (χ1n) is 10.2. The summed E-state index contributed by atoms with van der Waals surface area (Å²) < 4.78 is 12.3. The lowest BCUT2D eigenvalue weighted by atomic mass is 9.99. The molecule has 0 fully saturated rings. The van der Waals surface area contributed by atoms with E-state index in [4.69, 9.17) is 9.16 Å². The largest absolute Gasteiger partial charge is 0.462 e. The Bertz CT molecular complexity index is 658. The van der Waals surface area contributed by atoms with E-state index in [9.17, 15) is 4.79 Å². The first-order valence-corrected chi connectivity index (χ1v) is 13.1. The minimum atomic E-state index is -1.91. The van der Waals surface area contributed by atoms with Gasteiger partial charge in [-0.1, -0.05) is 58.0 Å². The number of carbonyl (C=O) groups is 1. The van der Waals surface area contributed by atoms with Crippen LogP contribution >= 0.6 is 0 Å². The zero-order valence-corrected chi connectivity index (χ0v) is 19.6. The molecule has 0 radical (unpaired) electrons. The van der Waals surface area contributed by atoms with Gasteiger partial charge in [0.1, 0.15) is 0 Å². The van der Waals surface area contributed by atoms with Gasteiger partial charge in [-0.05, 0) is 48.5 Å². The van der Waals surface area contributed by atoms with Crippen molar-refractivity contribution >= 4 is 14.3 Å². The summed E-state index contributed by atoms with van der Waals surface area (Å²) in [5.74, 6) is 0.0540. The summed E-state index contributed by atoms with van der Waals surface area (Å²) in [5.41, 5.74) is 1.56. The number of hydrogen-bond acceptors (Lipinski definition) is 3. The number of hydrogen-bond donors (Lipinski definition) is 0. The Morgan fingerprint density at radius 3 is 2.39 bits per heavy atom. The van der Waals surface area contributed by atoms with Gasteiger partial charge in [0, 0.05) is 6.42 Å². The number of esters is 1. The minimum absolute atomic E-state index is 0.0510. The fraction of sp³-hybridized carbons (Fsp3) is 0.542. The second-order valence-corrected chi connectivity index (χ2v) is 13.7. The summed E-state index contributed by atoms with van der Waals surface area (Å²) in [6.07, 6.45) is 6.01. The number of rotatable bonds is 11. The fourth-order valence-corrected chi connectivity index (χ4v) is 4.29. The highest BCUT2D eigenvalue weighted by atomic mass is 28.4. The Morgan fingerprint density at radius 1 is 1.18 bits per heavy atom. The summed E-state index contributed by atoms with van der Waals surface area (Å²) in [6.45, 7) is 21.4. The van der Waals surface area contributed by atoms with Crippen molar-refractivity contribution in [1.29, 1.82) is 0 Å². The van der Waals surface area contributed by atoms with Crippen molar-refractivity contribution in [2.75, 3.05) is 6.61 Å². The van der Waals surface area contributed by atoms with Gasteiger partial charge in [0.2, 0.25) is 0 Å². The lowest BCUT2D eigenvalue weighted by Crippen LogP contribution is -2.45. The minimum Gasteiger partial charge on any atom is -0.462 e. The first-order chi connectivity index (χ1) is 13.0. The van der Waals surface area contributed by atoms with E-state index in [1.807, 2.05) is 30.3 Å². The van der Waals surface area contributed by atoms with Gasteiger partial charge in [0.25, 0.3) is 0 Å². The molecule has 0 unspecified atom stereocenters. The maximum atomic E-state index is 12.6. The third-order valence-electron chi connectivity index (χ3n) is 5.66. The molecule has 0 bridgehead atoms. The van der Waals surface area contributed by atoms with Crippen LogP contribution in [0.2, 0.25) is 18.1 Å². The van der Waals surface area contributed by atoms with Crippen LogP contribution in [0.4, 0.5) is 0 Å². The fourth-order valence-electron chi connectivity index (χ4n) is 2.83. The molecule has 0 amide bonds. The van der Waals surface area contributed by atoms with Gasteiger partial charge in [0.15, 0.2) is 8.32 Å². The van der Waals surface area contributed by atoms with Gasteiger partial charge >= 0.3 is 5.97 Å². The maximum absolute atomic E-state index is 12.6. The Kier molecular flexibility index (Phi) is 9.38. The van der Waals surface area contributed by atoms with Crippen LogP contribution < -0.4 is 0 Å². The van der Waals surface area contributed by atoms with Gasteiger partial charge in [0.05, 0.1) is 18.3 Å². The molecule has 0 saturated carbocycles. The number of benzene rings is 1. The van der Waals surface area contributed by atoms with E-state index in [1.54, 1.807) is 6.08 Å². The van der Waals surface area contributed by atoms with E-state index in [1.165, 1.54) is 0 Å². The van der Waals surface area contributed by atoms with Crippen molar-refractivity contribution in [3.63, 3.8) is 0 Å². The van der Waals surface area contributed by atoms with E-state index >= 15 is 0 Å². The third kappa shape index (κ3) is 7.06. The lowest BCUT2D eigenvalue weighted by molar-refractivity contribution is 0.0387. The molecule has 0 heterocycles. The van der Waals surface area contributed by atoms with E-state index < -0.39 is 8.32 Å². The van der Waals surface area contributed by atoms with Crippen LogP contribution in [0.1, 0.15) is 56.5 Å². The van der Waals surface area contributed by atoms with Gasteiger partial charge in [-0.25, -0.2) is 4.79 Å². The number of carbonyl (C=O) groups excluding carboxylic acids is 1. The molecular weight excluding hydrogens is 364 g/mol. The summed E-state index contributed by atoms with van der Waals surface area (Å²) in [4.78, 5) is 12.6. The normalized spacial score (nSPS) is 14.2. The SMILES string of the molecule is C=CCc1ccccc1C(=O)OCC[C@H](O[Si](C)(C)C(C)(C)C)[C@H](C)CC=C. The molecule has 4 heteroatoms.